The smallest absolute Gasteiger partial charge is 0.255 e. The molecule has 6 heteroatoms. The number of likely N-dealkylation sites (N-methyl/N-ethyl adjacent to an activating group) is 1. The van der Waals surface area contributed by atoms with E-state index in [1.54, 1.807) is 18.2 Å². The van der Waals surface area contributed by atoms with Crippen molar-refractivity contribution in [3.05, 3.63) is 53.6 Å². The molecule has 1 fully saturated rings. The number of ether oxygens (including phenoxy) is 1. The van der Waals surface area contributed by atoms with Gasteiger partial charge in [0.05, 0.1) is 12.8 Å². The Morgan fingerprint density at radius 3 is 2.46 bits per heavy atom. The molecule has 0 aliphatic carbocycles. The first-order chi connectivity index (χ1) is 12.5. The second-order valence-corrected chi connectivity index (χ2v) is 6.69. The van der Waals surface area contributed by atoms with Gasteiger partial charge < -0.3 is 20.7 Å². The predicted octanol–water partition coefficient (Wildman–Crippen LogP) is 2.28. The Morgan fingerprint density at radius 2 is 1.81 bits per heavy atom. The molecule has 1 heterocycles. The van der Waals surface area contributed by atoms with Crippen molar-refractivity contribution in [2.45, 2.75) is 6.54 Å². The minimum atomic E-state index is -0.185. The molecule has 6 nitrogen and oxygen atoms in total. The highest BCUT2D eigenvalue weighted by molar-refractivity contribution is 6.04. The van der Waals surface area contributed by atoms with E-state index in [1.807, 2.05) is 12.1 Å². The van der Waals surface area contributed by atoms with Crippen LogP contribution in [0.4, 0.5) is 11.4 Å². The van der Waals surface area contributed by atoms with Crippen molar-refractivity contribution in [3.63, 3.8) is 0 Å². The van der Waals surface area contributed by atoms with Crippen molar-refractivity contribution in [3.8, 4) is 5.75 Å². The van der Waals surface area contributed by atoms with E-state index in [1.165, 1.54) is 12.7 Å². The van der Waals surface area contributed by atoms with E-state index >= 15 is 0 Å². The Morgan fingerprint density at radius 1 is 1.12 bits per heavy atom. The van der Waals surface area contributed by atoms with Crippen LogP contribution < -0.4 is 15.8 Å². The summed E-state index contributed by atoms with van der Waals surface area (Å²) in [5.41, 5.74) is 8.84. The average molecular weight is 354 g/mol. The number of methoxy groups -OCH3 is 1. The third-order valence-electron chi connectivity index (χ3n) is 4.71. The third kappa shape index (κ3) is 4.53. The van der Waals surface area contributed by atoms with Crippen LogP contribution >= 0.6 is 0 Å². The topological polar surface area (TPSA) is 70.8 Å². The molecule has 0 bridgehead atoms. The van der Waals surface area contributed by atoms with Gasteiger partial charge in [-0.2, -0.15) is 0 Å². The summed E-state index contributed by atoms with van der Waals surface area (Å²) in [5, 5.41) is 2.91. The van der Waals surface area contributed by atoms with Gasteiger partial charge in [0.15, 0.2) is 0 Å². The van der Waals surface area contributed by atoms with Crippen molar-refractivity contribution in [1.82, 2.24) is 9.80 Å². The molecule has 1 aliphatic heterocycles. The van der Waals surface area contributed by atoms with E-state index in [9.17, 15) is 4.79 Å². The zero-order chi connectivity index (χ0) is 18.5. The summed E-state index contributed by atoms with van der Waals surface area (Å²) in [6.07, 6.45) is 0. The van der Waals surface area contributed by atoms with Crippen molar-refractivity contribution in [2.24, 2.45) is 0 Å². The average Bonchev–Trinajstić information content (AvgIpc) is 2.65. The standard InChI is InChI=1S/C20H26N4O2/c1-23-9-11-24(12-10-23)14-15-3-6-17(7-4-15)22-20(25)16-5-8-18(21)19(13-16)26-2/h3-8,13H,9-12,14,21H2,1-2H3,(H,22,25). The number of hydrogen-bond acceptors (Lipinski definition) is 5. The summed E-state index contributed by atoms with van der Waals surface area (Å²) in [6, 6.07) is 13.0. The number of rotatable bonds is 5. The number of benzene rings is 2. The van der Waals surface area contributed by atoms with Crippen LogP contribution in [-0.2, 0) is 6.54 Å². The summed E-state index contributed by atoms with van der Waals surface area (Å²) in [5.74, 6) is 0.315. The summed E-state index contributed by atoms with van der Waals surface area (Å²) >= 11 is 0. The Kier molecular flexibility index (Phi) is 5.75. The first-order valence-corrected chi connectivity index (χ1v) is 8.80. The molecule has 138 valence electrons. The maximum absolute atomic E-state index is 12.4. The fourth-order valence-electron chi connectivity index (χ4n) is 3.01. The lowest BCUT2D eigenvalue weighted by atomic mass is 10.1. The molecule has 3 rings (SSSR count). The fourth-order valence-corrected chi connectivity index (χ4v) is 3.01. The largest absolute Gasteiger partial charge is 0.495 e. The first kappa shape index (κ1) is 18.2. The number of nitrogens with one attached hydrogen (secondary N) is 1. The summed E-state index contributed by atoms with van der Waals surface area (Å²) in [4.78, 5) is 17.2. The van der Waals surface area contributed by atoms with Gasteiger partial charge in [-0.1, -0.05) is 12.1 Å². The lowest BCUT2D eigenvalue weighted by molar-refractivity contribution is 0.102. The number of amides is 1. The van der Waals surface area contributed by atoms with Crippen LogP contribution in [0.2, 0.25) is 0 Å². The maximum atomic E-state index is 12.4. The minimum absolute atomic E-state index is 0.185. The van der Waals surface area contributed by atoms with E-state index in [4.69, 9.17) is 10.5 Å². The van der Waals surface area contributed by atoms with Crippen LogP contribution in [0.25, 0.3) is 0 Å². The highest BCUT2D eigenvalue weighted by atomic mass is 16.5. The SMILES string of the molecule is COc1cc(C(=O)Nc2ccc(CN3CCN(C)CC3)cc2)ccc1N. The van der Waals surface area contributed by atoms with E-state index in [0.29, 0.717) is 17.0 Å². The van der Waals surface area contributed by atoms with Gasteiger partial charge in [0.25, 0.3) is 5.91 Å². The van der Waals surface area contributed by atoms with Crippen molar-refractivity contribution < 1.29 is 9.53 Å². The highest BCUT2D eigenvalue weighted by Gasteiger charge is 2.14. The quantitative estimate of drug-likeness (QED) is 0.806. The number of nitrogens with zero attached hydrogens (tertiary/aromatic N) is 2. The van der Waals surface area contributed by atoms with Gasteiger partial charge in [0.1, 0.15) is 5.75 Å². The van der Waals surface area contributed by atoms with Gasteiger partial charge in [0, 0.05) is 44.0 Å². The molecular formula is C20H26N4O2. The number of carbonyl (C=O) groups excluding carboxylic acids is 1. The zero-order valence-corrected chi connectivity index (χ0v) is 15.4. The molecule has 26 heavy (non-hydrogen) atoms. The minimum Gasteiger partial charge on any atom is -0.495 e. The van der Waals surface area contributed by atoms with Crippen molar-refractivity contribution >= 4 is 17.3 Å². The first-order valence-electron chi connectivity index (χ1n) is 8.80. The number of carbonyl (C=O) groups is 1. The zero-order valence-electron chi connectivity index (χ0n) is 15.4. The molecule has 3 N–H and O–H groups in total. The van der Waals surface area contributed by atoms with Crippen LogP contribution in [0.3, 0.4) is 0 Å². The Balaban J connectivity index is 1.59. The molecule has 0 spiro atoms. The van der Waals surface area contributed by atoms with E-state index in [-0.39, 0.29) is 5.91 Å². The summed E-state index contributed by atoms with van der Waals surface area (Å²) in [7, 11) is 3.69. The third-order valence-corrected chi connectivity index (χ3v) is 4.71. The van der Waals surface area contributed by atoms with Crippen molar-refractivity contribution in [2.75, 3.05) is 51.4 Å². The van der Waals surface area contributed by atoms with Crippen LogP contribution in [0, 0.1) is 0 Å². The molecule has 0 unspecified atom stereocenters. The molecular weight excluding hydrogens is 328 g/mol. The number of anilines is 2. The highest BCUT2D eigenvalue weighted by Crippen LogP contribution is 2.23. The monoisotopic (exact) mass is 354 g/mol. The second kappa shape index (κ2) is 8.21. The van der Waals surface area contributed by atoms with Crippen LogP contribution in [0.1, 0.15) is 15.9 Å². The summed E-state index contributed by atoms with van der Waals surface area (Å²) < 4.78 is 5.17. The molecule has 2 aromatic carbocycles. The molecule has 1 amide bonds. The molecule has 0 saturated carbocycles. The van der Waals surface area contributed by atoms with E-state index in [0.717, 1.165) is 38.4 Å². The van der Waals surface area contributed by atoms with E-state index in [2.05, 4.69) is 34.3 Å². The Bertz CT molecular complexity index is 753. The van der Waals surface area contributed by atoms with Gasteiger partial charge in [-0.05, 0) is 42.9 Å². The second-order valence-electron chi connectivity index (χ2n) is 6.69. The Labute approximate surface area is 154 Å². The van der Waals surface area contributed by atoms with Crippen molar-refractivity contribution in [1.29, 1.82) is 0 Å². The molecule has 0 radical (unpaired) electrons. The molecule has 1 aliphatic rings. The lowest BCUT2D eigenvalue weighted by Crippen LogP contribution is -2.43. The number of piperazine rings is 1. The fraction of sp³-hybridized carbons (Fsp3) is 0.350. The van der Waals surface area contributed by atoms with Gasteiger partial charge >= 0.3 is 0 Å². The van der Waals surface area contributed by atoms with Gasteiger partial charge in [-0.3, -0.25) is 9.69 Å². The Hall–Kier alpha value is -2.57. The maximum Gasteiger partial charge on any atom is 0.255 e. The van der Waals surface area contributed by atoms with Gasteiger partial charge in [-0.15, -0.1) is 0 Å². The van der Waals surface area contributed by atoms with Gasteiger partial charge in [0.2, 0.25) is 0 Å². The number of nitrogen functional groups attached to an aromatic ring is 1. The number of nitrogens with two attached hydrogens (primary N) is 1. The van der Waals surface area contributed by atoms with Crippen LogP contribution in [0.5, 0.6) is 5.75 Å². The lowest BCUT2D eigenvalue weighted by Gasteiger charge is -2.32. The number of hydrogen-bond donors (Lipinski definition) is 2. The predicted molar refractivity (Wildman–Crippen MR) is 105 cm³/mol. The van der Waals surface area contributed by atoms with Crippen LogP contribution in [-0.4, -0.2) is 56.0 Å². The molecule has 2 aromatic rings. The molecule has 0 atom stereocenters. The van der Waals surface area contributed by atoms with E-state index < -0.39 is 0 Å². The van der Waals surface area contributed by atoms with Gasteiger partial charge in [-0.25, -0.2) is 0 Å². The molecule has 0 aromatic heterocycles. The summed E-state index contributed by atoms with van der Waals surface area (Å²) in [6.45, 7) is 5.34. The normalized spacial score (nSPS) is 15.6. The van der Waals surface area contributed by atoms with Crippen LogP contribution in [0.15, 0.2) is 42.5 Å². The molecule has 1 saturated heterocycles.